The molecule has 0 spiro atoms. The van der Waals surface area contributed by atoms with Crippen molar-refractivity contribution in [1.29, 1.82) is 0 Å². The van der Waals surface area contributed by atoms with Gasteiger partial charge in [0.15, 0.2) is 0 Å². The Bertz CT molecular complexity index is 365. The predicted octanol–water partition coefficient (Wildman–Crippen LogP) is 2.04. The van der Waals surface area contributed by atoms with Gasteiger partial charge in [-0.3, -0.25) is 0 Å². The highest BCUT2D eigenvalue weighted by Gasteiger charge is 2.13. The van der Waals surface area contributed by atoms with Crippen LogP contribution in [0.1, 0.15) is 5.56 Å². The van der Waals surface area contributed by atoms with Gasteiger partial charge in [0.05, 0.1) is 11.9 Å². The molecule has 3 nitrogen and oxygen atoms in total. The van der Waals surface area contributed by atoms with Crippen LogP contribution in [0.25, 0.3) is 0 Å². The topological polar surface area (TPSA) is 35.8 Å². The van der Waals surface area contributed by atoms with Gasteiger partial charge in [0, 0.05) is 24.2 Å². The molecule has 0 radical (unpaired) electrons. The van der Waals surface area contributed by atoms with Crippen LogP contribution in [0.5, 0.6) is 0 Å². The molecular formula is C10H12N2OS. The van der Waals surface area contributed by atoms with Crippen LogP contribution in [0, 0.1) is 0 Å². The van der Waals surface area contributed by atoms with Crippen molar-refractivity contribution in [1.82, 2.24) is 0 Å². The molecule has 1 heterocycles. The zero-order valence-electron chi connectivity index (χ0n) is 7.97. The van der Waals surface area contributed by atoms with Gasteiger partial charge in [0.25, 0.3) is 0 Å². The largest absolute Gasteiger partial charge is 0.411 e. The first-order valence-electron chi connectivity index (χ1n) is 4.46. The van der Waals surface area contributed by atoms with E-state index < -0.39 is 0 Å². The van der Waals surface area contributed by atoms with Crippen LogP contribution < -0.4 is 4.90 Å². The fraction of sp³-hybridized carbons (Fsp3) is 0.300. The van der Waals surface area contributed by atoms with E-state index in [0.29, 0.717) is 0 Å². The average Bonchev–Trinajstić information content (AvgIpc) is 2.18. The van der Waals surface area contributed by atoms with Crippen molar-refractivity contribution in [2.75, 3.05) is 24.2 Å². The summed E-state index contributed by atoms with van der Waals surface area (Å²) in [6, 6.07) is 6.08. The van der Waals surface area contributed by atoms with Gasteiger partial charge in [-0.25, -0.2) is 0 Å². The molecular weight excluding hydrogens is 196 g/mol. The molecule has 4 heteroatoms. The summed E-state index contributed by atoms with van der Waals surface area (Å²) in [5.41, 5.74) is 2.20. The maximum atomic E-state index is 8.43. The number of oxime groups is 1. The summed E-state index contributed by atoms with van der Waals surface area (Å²) in [5, 5.41) is 11.5. The minimum Gasteiger partial charge on any atom is -0.411 e. The van der Waals surface area contributed by atoms with Crippen LogP contribution in [-0.2, 0) is 0 Å². The van der Waals surface area contributed by atoms with Crippen molar-refractivity contribution in [2.45, 2.75) is 4.90 Å². The van der Waals surface area contributed by atoms with Crippen LogP contribution in [-0.4, -0.2) is 30.8 Å². The first kappa shape index (κ1) is 9.40. The summed E-state index contributed by atoms with van der Waals surface area (Å²) in [4.78, 5) is 3.50. The van der Waals surface area contributed by atoms with Crippen molar-refractivity contribution < 1.29 is 5.21 Å². The van der Waals surface area contributed by atoms with Gasteiger partial charge in [0.2, 0.25) is 0 Å². The number of hydrogen-bond donors (Lipinski definition) is 1. The van der Waals surface area contributed by atoms with Crippen molar-refractivity contribution in [2.24, 2.45) is 5.16 Å². The third kappa shape index (κ3) is 1.70. The molecule has 0 fully saturated rings. The van der Waals surface area contributed by atoms with E-state index in [-0.39, 0.29) is 0 Å². The Balaban J connectivity index is 2.38. The Morgan fingerprint density at radius 3 is 3.21 bits per heavy atom. The van der Waals surface area contributed by atoms with E-state index in [2.05, 4.69) is 29.2 Å². The Hall–Kier alpha value is -1.16. The Morgan fingerprint density at radius 1 is 1.57 bits per heavy atom. The molecule has 0 atom stereocenters. The second kappa shape index (κ2) is 3.92. The quantitative estimate of drug-likeness (QED) is 0.436. The molecule has 0 saturated carbocycles. The summed E-state index contributed by atoms with van der Waals surface area (Å²) in [6.45, 7) is 1.09. The van der Waals surface area contributed by atoms with E-state index in [1.807, 2.05) is 17.8 Å². The SMILES string of the molecule is CN1CCSc2cc(C=NO)ccc21. The Morgan fingerprint density at radius 2 is 2.43 bits per heavy atom. The molecule has 0 amide bonds. The van der Waals surface area contributed by atoms with Gasteiger partial charge in [-0.1, -0.05) is 11.2 Å². The Kier molecular flexibility index (Phi) is 2.63. The lowest BCUT2D eigenvalue weighted by Crippen LogP contribution is -2.24. The molecule has 1 aromatic rings. The standard InChI is InChI=1S/C10H12N2OS/c1-12-4-5-14-10-6-8(7-11-13)2-3-9(10)12/h2-3,6-7,13H,4-5H2,1H3. The van der Waals surface area contributed by atoms with Gasteiger partial charge in [-0.2, -0.15) is 0 Å². The zero-order chi connectivity index (χ0) is 9.97. The first-order valence-corrected chi connectivity index (χ1v) is 5.45. The number of fused-ring (bicyclic) bond motifs is 1. The summed E-state index contributed by atoms with van der Waals surface area (Å²) in [7, 11) is 2.10. The lowest BCUT2D eigenvalue weighted by molar-refractivity contribution is 0.322. The molecule has 74 valence electrons. The predicted molar refractivity (Wildman–Crippen MR) is 59.8 cm³/mol. The smallest absolute Gasteiger partial charge is 0.0734 e. The molecule has 0 aliphatic carbocycles. The van der Waals surface area contributed by atoms with Crippen molar-refractivity contribution in [3.05, 3.63) is 23.8 Å². The minimum atomic E-state index is 0.939. The number of nitrogens with zero attached hydrogens (tertiary/aromatic N) is 2. The van der Waals surface area contributed by atoms with Crippen LogP contribution in [0.15, 0.2) is 28.3 Å². The second-order valence-corrected chi connectivity index (χ2v) is 4.38. The maximum Gasteiger partial charge on any atom is 0.0734 e. The monoisotopic (exact) mass is 208 g/mol. The fourth-order valence-corrected chi connectivity index (χ4v) is 2.70. The zero-order valence-corrected chi connectivity index (χ0v) is 8.79. The number of anilines is 1. The highest BCUT2D eigenvalue weighted by molar-refractivity contribution is 7.99. The molecule has 0 aromatic heterocycles. The number of rotatable bonds is 1. The van der Waals surface area contributed by atoms with Gasteiger partial charge in [-0.05, 0) is 17.7 Å². The molecule has 0 unspecified atom stereocenters. The highest BCUT2D eigenvalue weighted by Crippen LogP contribution is 2.34. The van der Waals surface area contributed by atoms with Crippen molar-refractivity contribution >= 4 is 23.7 Å². The average molecular weight is 208 g/mol. The van der Waals surface area contributed by atoms with Gasteiger partial charge in [0.1, 0.15) is 0 Å². The van der Waals surface area contributed by atoms with E-state index in [4.69, 9.17) is 5.21 Å². The lowest BCUT2D eigenvalue weighted by Gasteiger charge is -2.26. The molecule has 0 saturated heterocycles. The summed E-state index contributed by atoms with van der Waals surface area (Å²) in [6.07, 6.45) is 1.45. The van der Waals surface area contributed by atoms with E-state index in [1.165, 1.54) is 16.8 Å². The lowest BCUT2D eigenvalue weighted by atomic mass is 10.2. The van der Waals surface area contributed by atoms with Crippen LogP contribution in [0.3, 0.4) is 0 Å². The van der Waals surface area contributed by atoms with Gasteiger partial charge in [-0.15, -0.1) is 11.8 Å². The summed E-state index contributed by atoms with van der Waals surface area (Å²) < 4.78 is 0. The molecule has 0 bridgehead atoms. The third-order valence-electron chi connectivity index (χ3n) is 2.29. The van der Waals surface area contributed by atoms with Gasteiger partial charge < -0.3 is 10.1 Å². The fourth-order valence-electron chi connectivity index (χ4n) is 1.52. The second-order valence-electron chi connectivity index (χ2n) is 3.24. The van der Waals surface area contributed by atoms with E-state index in [0.717, 1.165) is 17.9 Å². The third-order valence-corrected chi connectivity index (χ3v) is 3.31. The van der Waals surface area contributed by atoms with Crippen LogP contribution >= 0.6 is 11.8 Å². The van der Waals surface area contributed by atoms with Crippen molar-refractivity contribution in [3.8, 4) is 0 Å². The van der Waals surface area contributed by atoms with Crippen LogP contribution in [0.2, 0.25) is 0 Å². The normalized spacial score (nSPS) is 15.9. The van der Waals surface area contributed by atoms with E-state index >= 15 is 0 Å². The molecule has 1 aliphatic heterocycles. The van der Waals surface area contributed by atoms with E-state index in [1.54, 1.807) is 0 Å². The van der Waals surface area contributed by atoms with Gasteiger partial charge >= 0.3 is 0 Å². The molecule has 1 N–H and O–H groups in total. The number of benzene rings is 1. The maximum absolute atomic E-state index is 8.43. The number of thioether (sulfide) groups is 1. The highest BCUT2D eigenvalue weighted by atomic mass is 32.2. The number of hydrogen-bond acceptors (Lipinski definition) is 4. The molecule has 14 heavy (non-hydrogen) atoms. The molecule has 1 aromatic carbocycles. The Labute approximate surface area is 87.4 Å². The first-order chi connectivity index (χ1) is 6.81. The molecule has 1 aliphatic rings. The molecule has 2 rings (SSSR count). The summed E-state index contributed by atoms with van der Waals surface area (Å²) >= 11 is 1.85. The minimum absolute atomic E-state index is 0.939. The van der Waals surface area contributed by atoms with Crippen LogP contribution in [0.4, 0.5) is 5.69 Å². The van der Waals surface area contributed by atoms with Crippen molar-refractivity contribution in [3.63, 3.8) is 0 Å². The summed E-state index contributed by atoms with van der Waals surface area (Å²) in [5.74, 6) is 1.11. The van der Waals surface area contributed by atoms with E-state index in [9.17, 15) is 0 Å².